The van der Waals surface area contributed by atoms with E-state index in [4.69, 9.17) is 5.11 Å². The molecule has 2 atom stereocenters. The second-order valence-corrected chi connectivity index (χ2v) is 4.55. The van der Waals surface area contributed by atoms with Gasteiger partial charge >= 0.3 is 5.97 Å². The molecule has 2 aliphatic heterocycles. The average Bonchev–Trinajstić information content (AvgIpc) is 2.39. The summed E-state index contributed by atoms with van der Waals surface area (Å²) in [5, 5.41) is 8.87. The van der Waals surface area contributed by atoms with Gasteiger partial charge in [-0.05, 0) is 6.92 Å². The smallest absolute Gasteiger partial charge is 0.353 e. The minimum atomic E-state index is -1.01. The van der Waals surface area contributed by atoms with Gasteiger partial charge in [0, 0.05) is 4.91 Å². The minimum Gasteiger partial charge on any atom is -0.477 e. The molecule has 0 aromatic rings. The number of hydrogen-bond donors (Lipinski definition) is 1. The van der Waals surface area contributed by atoms with Crippen molar-refractivity contribution in [3.63, 3.8) is 0 Å². The Hall–Kier alpha value is -0.970. The molecular formula is C8H9NO3S. The lowest BCUT2D eigenvalue weighted by Crippen LogP contribution is -2.55. The highest BCUT2D eigenvalue weighted by molar-refractivity contribution is 8.04. The van der Waals surface area contributed by atoms with Crippen molar-refractivity contribution in [1.29, 1.82) is 0 Å². The Kier molecular flexibility index (Phi) is 1.66. The van der Waals surface area contributed by atoms with Crippen LogP contribution in [0.1, 0.15) is 13.8 Å². The van der Waals surface area contributed by atoms with Crippen molar-refractivity contribution in [3.8, 4) is 0 Å². The third-order valence-corrected chi connectivity index (χ3v) is 3.79. The van der Waals surface area contributed by atoms with Gasteiger partial charge in [-0.25, -0.2) is 4.79 Å². The molecule has 70 valence electrons. The molecular weight excluding hydrogens is 190 g/mol. The first-order valence-corrected chi connectivity index (χ1v) is 4.86. The van der Waals surface area contributed by atoms with Crippen molar-refractivity contribution in [3.05, 3.63) is 10.6 Å². The number of nitrogens with zero attached hydrogens (tertiary/aromatic N) is 1. The Balaban J connectivity index is 2.34. The van der Waals surface area contributed by atoms with E-state index in [2.05, 4.69) is 0 Å². The Morgan fingerprint density at radius 2 is 2.23 bits per heavy atom. The van der Waals surface area contributed by atoms with Crippen LogP contribution in [0, 0.1) is 5.92 Å². The molecule has 5 heteroatoms. The fourth-order valence-electron chi connectivity index (χ4n) is 1.66. The van der Waals surface area contributed by atoms with Crippen LogP contribution in [0.3, 0.4) is 0 Å². The SMILES string of the molecule is CC1=C(C(=O)O)N2C(=O)C(C)[C@@H]2S1. The number of β-lactam (4-membered cyclic amide) rings is 1. The first-order chi connectivity index (χ1) is 6.04. The summed E-state index contributed by atoms with van der Waals surface area (Å²) in [5.41, 5.74) is 0.165. The van der Waals surface area contributed by atoms with E-state index >= 15 is 0 Å². The monoisotopic (exact) mass is 199 g/mol. The maximum atomic E-state index is 11.3. The summed E-state index contributed by atoms with van der Waals surface area (Å²) in [7, 11) is 0. The molecule has 0 spiro atoms. The van der Waals surface area contributed by atoms with Crippen LogP contribution >= 0.6 is 11.8 Å². The van der Waals surface area contributed by atoms with Crippen LogP contribution in [0.2, 0.25) is 0 Å². The number of carbonyl (C=O) groups excluding carboxylic acids is 1. The van der Waals surface area contributed by atoms with Crippen LogP contribution < -0.4 is 0 Å². The quantitative estimate of drug-likeness (QED) is 0.636. The molecule has 1 N–H and O–H groups in total. The number of amides is 1. The second kappa shape index (κ2) is 2.51. The summed E-state index contributed by atoms with van der Waals surface area (Å²) in [6.07, 6.45) is 0. The van der Waals surface area contributed by atoms with Gasteiger partial charge in [0.1, 0.15) is 5.70 Å². The van der Waals surface area contributed by atoms with Gasteiger partial charge in [-0.3, -0.25) is 9.69 Å². The number of carbonyl (C=O) groups is 2. The lowest BCUT2D eigenvalue weighted by molar-refractivity contribution is -0.150. The summed E-state index contributed by atoms with van der Waals surface area (Å²) in [4.78, 5) is 24.2. The zero-order chi connectivity index (χ0) is 9.75. The summed E-state index contributed by atoms with van der Waals surface area (Å²) >= 11 is 1.47. The average molecular weight is 199 g/mol. The summed E-state index contributed by atoms with van der Waals surface area (Å²) < 4.78 is 0. The predicted molar refractivity (Wildman–Crippen MR) is 47.7 cm³/mol. The third kappa shape index (κ3) is 0.934. The molecule has 0 radical (unpaired) electrons. The lowest BCUT2D eigenvalue weighted by atomic mass is 10.00. The van der Waals surface area contributed by atoms with E-state index in [0.717, 1.165) is 4.91 Å². The molecule has 1 fully saturated rings. The molecule has 2 rings (SSSR count). The van der Waals surface area contributed by atoms with Crippen LogP contribution in [0.4, 0.5) is 0 Å². The van der Waals surface area contributed by atoms with Gasteiger partial charge in [-0.15, -0.1) is 11.8 Å². The van der Waals surface area contributed by atoms with E-state index in [1.54, 1.807) is 6.92 Å². The summed E-state index contributed by atoms with van der Waals surface area (Å²) in [5.74, 6) is -1.13. The molecule has 1 saturated heterocycles. The number of thioether (sulfide) groups is 1. The second-order valence-electron chi connectivity index (χ2n) is 3.22. The Morgan fingerprint density at radius 3 is 2.77 bits per heavy atom. The Labute approximate surface area is 79.6 Å². The number of carboxylic acids is 1. The van der Waals surface area contributed by atoms with Crippen LogP contribution in [-0.4, -0.2) is 27.3 Å². The van der Waals surface area contributed by atoms with E-state index in [-0.39, 0.29) is 22.9 Å². The molecule has 0 bridgehead atoms. The highest BCUT2D eigenvalue weighted by Crippen LogP contribution is 2.48. The van der Waals surface area contributed by atoms with E-state index in [9.17, 15) is 9.59 Å². The third-order valence-electron chi connectivity index (χ3n) is 2.38. The van der Waals surface area contributed by atoms with E-state index in [0.29, 0.717) is 0 Å². The number of hydrogen-bond acceptors (Lipinski definition) is 3. The first kappa shape index (κ1) is 8.62. The number of rotatable bonds is 1. The zero-order valence-corrected chi connectivity index (χ0v) is 8.09. The summed E-state index contributed by atoms with van der Waals surface area (Å²) in [6.45, 7) is 3.57. The first-order valence-electron chi connectivity index (χ1n) is 3.98. The van der Waals surface area contributed by atoms with E-state index in [1.807, 2.05) is 6.92 Å². The minimum absolute atomic E-state index is 0.0265. The molecule has 2 aliphatic rings. The predicted octanol–water partition coefficient (Wildman–Crippen LogP) is 0.854. The van der Waals surface area contributed by atoms with Crippen molar-refractivity contribution < 1.29 is 14.7 Å². The Bertz CT molecular complexity index is 336. The van der Waals surface area contributed by atoms with Gasteiger partial charge < -0.3 is 5.11 Å². The lowest BCUT2D eigenvalue weighted by Gasteiger charge is -2.40. The van der Waals surface area contributed by atoms with Crippen LogP contribution in [0.15, 0.2) is 10.6 Å². The van der Waals surface area contributed by atoms with Gasteiger partial charge in [0.15, 0.2) is 0 Å². The molecule has 13 heavy (non-hydrogen) atoms. The zero-order valence-electron chi connectivity index (χ0n) is 7.27. The normalized spacial score (nSPS) is 31.8. The molecule has 1 unspecified atom stereocenters. The van der Waals surface area contributed by atoms with Crippen molar-refractivity contribution in [2.24, 2.45) is 5.92 Å². The summed E-state index contributed by atoms with van der Waals surface area (Å²) in [6, 6.07) is 0. The van der Waals surface area contributed by atoms with E-state index < -0.39 is 5.97 Å². The number of carboxylic acid groups (broad SMARTS) is 1. The van der Waals surface area contributed by atoms with Gasteiger partial charge in [0.2, 0.25) is 5.91 Å². The van der Waals surface area contributed by atoms with Crippen molar-refractivity contribution in [2.45, 2.75) is 19.2 Å². The molecule has 0 saturated carbocycles. The van der Waals surface area contributed by atoms with Crippen LogP contribution in [-0.2, 0) is 9.59 Å². The standard InChI is InChI=1S/C8H9NO3S/c1-3-6(10)9-5(8(11)12)4(2)13-7(3)9/h3,7H,1-2H3,(H,11,12)/t3?,7-/m0/s1. The maximum absolute atomic E-state index is 11.3. The number of fused-ring (bicyclic) bond motifs is 1. The molecule has 0 aromatic carbocycles. The molecule has 0 aromatic heterocycles. The van der Waals surface area contributed by atoms with Crippen molar-refractivity contribution in [2.75, 3.05) is 0 Å². The Morgan fingerprint density at radius 1 is 1.62 bits per heavy atom. The van der Waals surface area contributed by atoms with Gasteiger partial charge in [0.05, 0.1) is 11.3 Å². The van der Waals surface area contributed by atoms with Gasteiger partial charge in [-0.2, -0.15) is 0 Å². The largest absolute Gasteiger partial charge is 0.477 e. The van der Waals surface area contributed by atoms with Crippen molar-refractivity contribution >= 4 is 23.6 Å². The van der Waals surface area contributed by atoms with Gasteiger partial charge in [0.25, 0.3) is 0 Å². The van der Waals surface area contributed by atoms with E-state index in [1.165, 1.54) is 16.7 Å². The number of aliphatic carboxylic acids is 1. The number of allylic oxidation sites excluding steroid dienone is 1. The highest BCUT2D eigenvalue weighted by Gasteiger charge is 2.52. The molecule has 1 amide bonds. The maximum Gasteiger partial charge on any atom is 0.353 e. The molecule has 4 nitrogen and oxygen atoms in total. The fourth-order valence-corrected chi connectivity index (χ4v) is 2.96. The fraction of sp³-hybridized carbons (Fsp3) is 0.500. The topological polar surface area (TPSA) is 57.6 Å². The molecule has 0 aliphatic carbocycles. The van der Waals surface area contributed by atoms with Gasteiger partial charge in [-0.1, -0.05) is 6.92 Å². The van der Waals surface area contributed by atoms with Crippen molar-refractivity contribution in [1.82, 2.24) is 4.90 Å². The molecule has 2 heterocycles. The van der Waals surface area contributed by atoms with Crippen LogP contribution in [0.25, 0.3) is 0 Å². The highest BCUT2D eigenvalue weighted by atomic mass is 32.2. The van der Waals surface area contributed by atoms with Crippen LogP contribution in [0.5, 0.6) is 0 Å².